The zero-order chi connectivity index (χ0) is 28.4. The Hall–Kier alpha value is -4.40. The number of amides is 2. The SMILES string of the molecule is COc1ccc(C2C(C(=O)N3CCN(c4ccccc4)CC3)c3cc(OC)c(OC)cc3C(=O)N2C)cc1OC. The molecule has 5 rings (SSSR count). The van der Waals surface area contributed by atoms with E-state index in [9.17, 15) is 9.59 Å². The van der Waals surface area contributed by atoms with Crippen LogP contribution in [-0.2, 0) is 4.79 Å². The smallest absolute Gasteiger partial charge is 0.254 e. The monoisotopic (exact) mass is 545 g/mol. The molecular weight excluding hydrogens is 510 g/mol. The second-order valence-electron chi connectivity index (χ2n) is 9.90. The average molecular weight is 546 g/mol. The van der Waals surface area contributed by atoms with Crippen molar-refractivity contribution in [1.82, 2.24) is 9.80 Å². The molecule has 210 valence electrons. The number of ether oxygens (including phenoxy) is 4. The molecule has 2 aliphatic rings. The maximum absolute atomic E-state index is 14.5. The molecule has 2 unspecified atom stereocenters. The topological polar surface area (TPSA) is 80.8 Å². The Balaban J connectivity index is 1.57. The van der Waals surface area contributed by atoms with Crippen LogP contribution in [0.3, 0.4) is 0 Å². The quantitative estimate of drug-likeness (QED) is 0.444. The van der Waals surface area contributed by atoms with Crippen molar-refractivity contribution >= 4 is 17.5 Å². The van der Waals surface area contributed by atoms with E-state index in [0.29, 0.717) is 47.2 Å². The molecule has 0 bridgehead atoms. The van der Waals surface area contributed by atoms with Crippen LogP contribution in [0, 0.1) is 0 Å². The summed E-state index contributed by atoms with van der Waals surface area (Å²) in [6.07, 6.45) is 0. The largest absolute Gasteiger partial charge is 0.493 e. The van der Waals surface area contributed by atoms with Crippen LogP contribution >= 0.6 is 0 Å². The fourth-order valence-electron chi connectivity index (χ4n) is 5.79. The third kappa shape index (κ3) is 4.76. The highest BCUT2D eigenvalue weighted by Gasteiger charge is 2.45. The predicted octanol–water partition coefficient (Wildman–Crippen LogP) is 3.98. The van der Waals surface area contributed by atoms with Crippen molar-refractivity contribution in [1.29, 1.82) is 0 Å². The first-order valence-electron chi connectivity index (χ1n) is 13.3. The lowest BCUT2D eigenvalue weighted by molar-refractivity contribution is -0.134. The van der Waals surface area contributed by atoms with Gasteiger partial charge in [-0.1, -0.05) is 24.3 Å². The standard InChI is InChI=1S/C31H35N3O6/c1-32-29(20-11-12-24(37-2)25(17-20)38-3)28(22-18-26(39-4)27(40-5)19-23(22)30(32)35)31(36)34-15-13-33(14-16-34)21-9-7-6-8-10-21/h6-12,17-19,28-29H,13-16H2,1-5H3. The first kappa shape index (κ1) is 27.2. The van der Waals surface area contributed by atoms with Gasteiger partial charge in [0, 0.05) is 44.5 Å². The van der Waals surface area contributed by atoms with Gasteiger partial charge in [-0.25, -0.2) is 0 Å². The number of nitrogens with zero attached hydrogens (tertiary/aromatic N) is 3. The Labute approximate surface area is 234 Å². The number of rotatable bonds is 7. The molecule has 0 radical (unpaired) electrons. The molecule has 1 fully saturated rings. The summed E-state index contributed by atoms with van der Waals surface area (Å²) in [5.74, 6) is 1.10. The van der Waals surface area contributed by atoms with Crippen molar-refractivity contribution in [2.24, 2.45) is 0 Å². The van der Waals surface area contributed by atoms with Crippen LogP contribution in [0.4, 0.5) is 5.69 Å². The number of carbonyl (C=O) groups is 2. The zero-order valence-corrected chi connectivity index (χ0v) is 23.5. The van der Waals surface area contributed by atoms with Crippen LogP contribution in [0.5, 0.6) is 23.0 Å². The van der Waals surface area contributed by atoms with E-state index in [1.165, 1.54) is 7.11 Å². The highest BCUT2D eigenvalue weighted by atomic mass is 16.5. The average Bonchev–Trinajstić information content (AvgIpc) is 3.01. The number of fused-ring (bicyclic) bond motifs is 1. The second-order valence-corrected chi connectivity index (χ2v) is 9.90. The van der Waals surface area contributed by atoms with Gasteiger partial charge in [0.1, 0.15) is 0 Å². The van der Waals surface area contributed by atoms with E-state index in [4.69, 9.17) is 18.9 Å². The van der Waals surface area contributed by atoms with E-state index in [1.54, 1.807) is 51.5 Å². The number of piperazine rings is 1. The van der Waals surface area contributed by atoms with Crippen LogP contribution < -0.4 is 23.8 Å². The number of benzene rings is 3. The molecule has 9 heteroatoms. The first-order chi connectivity index (χ1) is 19.4. The van der Waals surface area contributed by atoms with Gasteiger partial charge in [-0.05, 0) is 47.5 Å². The maximum atomic E-state index is 14.5. The Morgan fingerprint density at radius 3 is 1.98 bits per heavy atom. The minimum atomic E-state index is -0.668. The van der Waals surface area contributed by atoms with E-state index in [0.717, 1.165) is 24.3 Å². The summed E-state index contributed by atoms with van der Waals surface area (Å²) in [5.41, 5.74) is 2.97. The maximum Gasteiger partial charge on any atom is 0.254 e. The molecule has 1 saturated heterocycles. The van der Waals surface area contributed by atoms with Gasteiger partial charge in [0.2, 0.25) is 5.91 Å². The van der Waals surface area contributed by atoms with Gasteiger partial charge in [-0.3, -0.25) is 9.59 Å². The van der Waals surface area contributed by atoms with Gasteiger partial charge >= 0.3 is 0 Å². The molecule has 0 aliphatic carbocycles. The first-order valence-corrected chi connectivity index (χ1v) is 13.3. The third-order valence-electron chi connectivity index (χ3n) is 7.90. The zero-order valence-electron chi connectivity index (χ0n) is 23.5. The van der Waals surface area contributed by atoms with Gasteiger partial charge in [-0.2, -0.15) is 0 Å². The molecule has 0 N–H and O–H groups in total. The van der Waals surface area contributed by atoms with E-state index >= 15 is 0 Å². The second kappa shape index (κ2) is 11.4. The number of carbonyl (C=O) groups excluding carboxylic acids is 2. The number of hydrogen-bond acceptors (Lipinski definition) is 7. The molecule has 2 aliphatic heterocycles. The van der Waals surface area contributed by atoms with E-state index in [-0.39, 0.29) is 11.8 Å². The Morgan fingerprint density at radius 1 is 0.750 bits per heavy atom. The molecule has 3 aromatic rings. The molecule has 0 saturated carbocycles. The molecular formula is C31H35N3O6. The summed E-state index contributed by atoms with van der Waals surface area (Å²) in [5, 5.41) is 0. The summed E-state index contributed by atoms with van der Waals surface area (Å²) < 4.78 is 22.1. The van der Waals surface area contributed by atoms with Crippen LogP contribution in [0.2, 0.25) is 0 Å². The van der Waals surface area contributed by atoms with Crippen LogP contribution in [0.1, 0.15) is 33.4 Å². The summed E-state index contributed by atoms with van der Waals surface area (Å²) in [6, 6.07) is 18.6. The molecule has 0 spiro atoms. The molecule has 9 nitrogen and oxygen atoms in total. The lowest BCUT2D eigenvalue weighted by Crippen LogP contribution is -2.53. The van der Waals surface area contributed by atoms with Gasteiger partial charge in [-0.15, -0.1) is 0 Å². The minimum Gasteiger partial charge on any atom is -0.493 e. The fraction of sp³-hybridized carbons (Fsp3) is 0.355. The summed E-state index contributed by atoms with van der Waals surface area (Å²) >= 11 is 0. The Morgan fingerprint density at radius 2 is 1.35 bits per heavy atom. The van der Waals surface area contributed by atoms with Crippen molar-refractivity contribution in [3.05, 3.63) is 77.4 Å². The molecule has 2 atom stereocenters. The van der Waals surface area contributed by atoms with Gasteiger partial charge < -0.3 is 33.6 Å². The van der Waals surface area contributed by atoms with Crippen LogP contribution in [-0.4, -0.2) is 83.3 Å². The number of para-hydroxylation sites is 1. The van der Waals surface area contributed by atoms with Crippen molar-refractivity contribution in [2.75, 3.05) is 66.6 Å². The van der Waals surface area contributed by atoms with Crippen LogP contribution in [0.15, 0.2) is 60.7 Å². The van der Waals surface area contributed by atoms with Crippen molar-refractivity contribution in [3.8, 4) is 23.0 Å². The van der Waals surface area contributed by atoms with E-state index in [2.05, 4.69) is 17.0 Å². The molecule has 0 aromatic heterocycles. The van der Waals surface area contributed by atoms with E-state index < -0.39 is 12.0 Å². The summed E-state index contributed by atoms with van der Waals surface area (Å²) in [7, 11) is 7.95. The number of anilines is 1. The van der Waals surface area contributed by atoms with Gasteiger partial charge in [0.05, 0.1) is 40.4 Å². The number of hydrogen-bond donors (Lipinski definition) is 0. The predicted molar refractivity (Wildman–Crippen MR) is 152 cm³/mol. The summed E-state index contributed by atoms with van der Waals surface area (Å²) in [6.45, 7) is 2.58. The van der Waals surface area contributed by atoms with Crippen LogP contribution in [0.25, 0.3) is 0 Å². The highest BCUT2D eigenvalue weighted by molar-refractivity contribution is 6.02. The van der Waals surface area contributed by atoms with Crippen molar-refractivity contribution < 1.29 is 28.5 Å². The lowest BCUT2D eigenvalue weighted by atomic mass is 9.78. The minimum absolute atomic E-state index is 0.0414. The highest BCUT2D eigenvalue weighted by Crippen LogP contribution is 2.47. The number of likely N-dealkylation sites (N-methyl/N-ethyl adjacent to an activating group) is 1. The lowest BCUT2D eigenvalue weighted by Gasteiger charge is -2.43. The fourth-order valence-corrected chi connectivity index (χ4v) is 5.79. The Bertz CT molecular complexity index is 1390. The normalized spacial score (nSPS) is 18.7. The van der Waals surface area contributed by atoms with Gasteiger partial charge in [0.15, 0.2) is 23.0 Å². The third-order valence-corrected chi connectivity index (χ3v) is 7.90. The number of methoxy groups -OCH3 is 4. The molecule has 40 heavy (non-hydrogen) atoms. The van der Waals surface area contributed by atoms with E-state index in [1.807, 2.05) is 35.2 Å². The molecule has 2 amide bonds. The molecule has 2 heterocycles. The Kier molecular flexibility index (Phi) is 7.73. The molecule has 3 aromatic carbocycles. The summed E-state index contributed by atoms with van der Waals surface area (Å²) in [4.78, 5) is 34.0. The van der Waals surface area contributed by atoms with Crippen molar-refractivity contribution in [2.45, 2.75) is 12.0 Å². The van der Waals surface area contributed by atoms with Crippen molar-refractivity contribution in [3.63, 3.8) is 0 Å². The van der Waals surface area contributed by atoms with Gasteiger partial charge in [0.25, 0.3) is 5.91 Å².